The van der Waals surface area contributed by atoms with Crippen molar-refractivity contribution in [3.8, 4) is 11.3 Å². The number of aromatic nitrogens is 2. The molecule has 0 aliphatic carbocycles. The van der Waals surface area contributed by atoms with Crippen molar-refractivity contribution in [2.24, 2.45) is 0 Å². The number of ketones is 1. The molecule has 0 amide bonds. The molecule has 0 aliphatic heterocycles. The summed E-state index contributed by atoms with van der Waals surface area (Å²) in [6.45, 7) is 0.00295. The van der Waals surface area contributed by atoms with Gasteiger partial charge in [0.15, 0.2) is 10.7 Å². The van der Waals surface area contributed by atoms with E-state index in [1.807, 2.05) is 40.2 Å². The fraction of sp³-hybridized carbons (Fsp3) is 0.0526. The molecule has 0 radical (unpaired) electrons. The van der Waals surface area contributed by atoms with Gasteiger partial charge in [0.1, 0.15) is 0 Å². The fourth-order valence-electron chi connectivity index (χ4n) is 2.60. The summed E-state index contributed by atoms with van der Waals surface area (Å²) in [5, 5.41) is 11.1. The lowest BCUT2D eigenvalue weighted by molar-refractivity contribution is 0.102. The fourth-order valence-corrected chi connectivity index (χ4v) is 3.32. The van der Waals surface area contributed by atoms with E-state index in [4.69, 9.17) is 4.42 Å². The Morgan fingerprint density at radius 2 is 2.12 bits per heavy atom. The van der Waals surface area contributed by atoms with Gasteiger partial charge in [-0.1, -0.05) is 24.3 Å². The predicted molar refractivity (Wildman–Crippen MR) is 96.5 cm³/mol. The van der Waals surface area contributed by atoms with E-state index in [2.05, 4.69) is 4.98 Å². The molecule has 0 aliphatic rings. The molecule has 1 N–H and O–H groups in total. The van der Waals surface area contributed by atoms with Crippen LogP contribution in [0.3, 0.4) is 0 Å². The van der Waals surface area contributed by atoms with Crippen LogP contribution in [0, 0.1) is 0 Å². The third-order valence-electron chi connectivity index (χ3n) is 3.87. The van der Waals surface area contributed by atoms with E-state index in [9.17, 15) is 9.90 Å². The van der Waals surface area contributed by atoms with Crippen LogP contribution >= 0.6 is 11.3 Å². The van der Waals surface area contributed by atoms with E-state index in [0.717, 1.165) is 27.5 Å². The highest BCUT2D eigenvalue weighted by atomic mass is 32.1. The minimum atomic E-state index is -0.197. The number of allylic oxidation sites excluding steroid dienone is 1. The molecular weight excluding hydrogens is 336 g/mol. The van der Waals surface area contributed by atoms with E-state index in [0.29, 0.717) is 5.76 Å². The first-order valence-electron chi connectivity index (χ1n) is 7.68. The number of carbonyl (C=O) groups excluding carboxylic acids is 1. The minimum absolute atomic E-state index is 0.00295. The largest absolute Gasteiger partial charge is 0.461 e. The SMILES string of the molecule is O=C(/C=C/c1c(-c2ccc(CO)cc2)nc2sccn12)c1ccco1. The Morgan fingerprint density at radius 1 is 1.28 bits per heavy atom. The molecule has 3 heterocycles. The van der Waals surface area contributed by atoms with E-state index in [-0.39, 0.29) is 12.4 Å². The van der Waals surface area contributed by atoms with Gasteiger partial charge in [0.05, 0.1) is 24.3 Å². The van der Waals surface area contributed by atoms with E-state index >= 15 is 0 Å². The second kappa shape index (κ2) is 6.51. The van der Waals surface area contributed by atoms with Crippen molar-refractivity contribution in [2.45, 2.75) is 6.61 Å². The smallest absolute Gasteiger partial charge is 0.221 e. The average molecular weight is 350 g/mol. The summed E-state index contributed by atoms with van der Waals surface area (Å²) in [7, 11) is 0. The number of aliphatic hydroxyl groups excluding tert-OH is 1. The topological polar surface area (TPSA) is 67.7 Å². The lowest BCUT2D eigenvalue weighted by Crippen LogP contribution is -1.92. The van der Waals surface area contributed by atoms with Crippen LogP contribution in [0.5, 0.6) is 0 Å². The van der Waals surface area contributed by atoms with Crippen LogP contribution in [0.1, 0.15) is 21.8 Å². The van der Waals surface area contributed by atoms with Gasteiger partial charge in [-0.3, -0.25) is 9.20 Å². The molecular formula is C19H14N2O3S. The van der Waals surface area contributed by atoms with Gasteiger partial charge in [0, 0.05) is 17.1 Å². The second-order valence-electron chi connectivity index (χ2n) is 5.43. The molecule has 0 bridgehead atoms. The monoisotopic (exact) mass is 350 g/mol. The first kappa shape index (κ1) is 15.6. The minimum Gasteiger partial charge on any atom is -0.461 e. The molecule has 3 aromatic heterocycles. The van der Waals surface area contributed by atoms with Crippen LogP contribution in [-0.4, -0.2) is 20.3 Å². The molecule has 1 aromatic carbocycles. The van der Waals surface area contributed by atoms with Crippen molar-refractivity contribution < 1.29 is 14.3 Å². The lowest BCUT2D eigenvalue weighted by Gasteiger charge is -2.02. The molecule has 0 spiro atoms. The Labute approximate surface area is 147 Å². The molecule has 6 heteroatoms. The Morgan fingerprint density at radius 3 is 2.84 bits per heavy atom. The molecule has 5 nitrogen and oxygen atoms in total. The van der Waals surface area contributed by atoms with Crippen LogP contribution < -0.4 is 0 Å². The Hall–Kier alpha value is -2.96. The van der Waals surface area contributed by atoms with Crippen molar-refractivity contribution in [1.82, 2.24) is 9.38 Å². The van der Waals surface area contributed by atoms with E-state index < -0.39 is 0 Å². The van der Waals surface area contributed by atoms with Gasteiger partial charge in [-0.05, 0) is 29.8 Å². The summed E-state index contributed by atoms with van der Waals surface area (Å²) in [6.07, 6.45) is 6.65. The Bertz CT molecular complexity index is 1040. The molecule has 4 aromatic rings. The number of hydrogen-bond acceptors (Lipinski definition) is 5. The summed E-state index contributed by atoms with van der Waals surface area (Å²) >= 11 is 1.53. The number of aliphatic hydroxyl groups is 1. The van der Waals surface area contributed by atoms with Crippen LogP contribution in [0.2, 0.25) is 0 Å². The van der Waals surface area contributed by atoms with Gasteiger partial charge >= 0.3 is 0 Å². The third-order valence-corrected chi connectivity index (χ3v) is 4.62. The Balaban J connectivity index is 1.76. The average Bonchev–Trinajstić information content (AvgIpc) is 3.37. The maximum atomic E-state index is 12.2. The highest BCUT2D eigenvalue weighted by Crippen LogP contribution is 2.28. The number of nitrogens with zero attached hydrogens (tertiary/aromatic N) is 2. The first-order chi connectivity index (χ1) is 12.3. The predicted octanol–water partition coefficient (Wildman–Crippen LogP) is 4.04. The zero-order chi connectivity index (χ0) is 17.2. The van der Waals surface area contributed by atoms with Gasteiger partial charge in [-0.15, -0.1) is 11.3 Å². The number of furan rings is 1. The van der Waals surface area contributed by atoms with Crippen molar-refractivity contribution in [3.05, 3.63) is 77.3 Å². The zero-order valence-corrected chi connectivity index (χ0v) is 13.9. The maximum Gasteiger partial charge on any atom is 0.221 e. The molecule has 25 heavy (non-hydrogen) atoms. The number of thiazole rings is 1. The van der Waals surface area contributed by atoms with Gasteiger partial charge in [0.25, 0.3) is 0 Å². The van der Waals surface area contributed by atoms with Crippen molar-refractivity contribution in [3.63, 3.8) is 0 Å². The standard InChI is InChI=1S/C19H14N2O3S/c22-12-13-3-5-14(6-4-13)18-15(21-9-11-25-19(21)20-18)7-8-16(23)17-2-1-10-24-17/h1-11,22H,12H2/b8-7+. The van der Waals surface area contributed by atoms with Crippen LogP contribution in [0.25, 0.3) is 22.3 Å². The number of carbonyl (C=O) groups is 1. The highest BCUT2D eigenvalue weighted by Gasteiger charge is 2.14. The molecule has 0 saturated carbocycles. The highest BCUT2D eigenvalue weighted by molar-refractivity contribution is 7.15. The van der Waals surface area contributed by atoms with E-state index in [1.165, 1.54) is 23.7 Å². The first-order valence-corrected chi connectivity index (χ1v) is 8.56. The number of fused-ring (bicyclic) bond motifs is 1. The quantitative estimate of drug-likeness (QED) is 0.436. The normalized spacial score (nSPS) is 11.6. The van der Waals surface area contributed by atoms with Gasteiger partial charge < -0.3 is 9.52 Å². The number of rotatable bonds is 5. The van der Waals surface area contributed by atoms with E-state index in [1.54, 1.807) is 18.2 Å². The third kappa shape index (κ3) is 2.93. The molecule has 0 unspecified atom stereocenters. The number of imidazole rings is 1. The second-order valence-corrected chi connectivity index (χ2v) is 6.30. The Kier molecular flexibility index (Phi) is 4.05. The summed E-state index contributed by atoms with van der Waals surface area (Å²) < 4.78 is 7.08. The van der Waals surface area contributed by atoms with Gasteiger partial charge in [-0.2, -0.15) is 0 Å². The van der Waals surface area contributed by atoms with Crippen LogP contribution in [0.4, 0.5) is 0 Å². The zero-order valence-electron chi connectivity index (χ0n) is 13.1. The molecule has 0 saturated heterocycles. The summed E-state index contributed by atoms with van der Waals surface area (Å²) in [5.41, 5.74) is 3.39. The number of hydrogen-bond donors (Lipinski definition) is 1. The summed E-state index contributed by atoms with van der Waals surface area (Å²) in [4.78, 5) is 17.7. The summed E-state index contributed by atoms with van der Waals surface area (Å²) in [6, 6.07) is 10.9. The van der Waals surface area contributed by atoms with Crippen molar-refractivity contribution in [1.29, 1.82) is 0 Å². The van der Waals surface area contributed by atoms with Crippen molar-refractivity contribution >= 4 is 28.2 Å². The maximum absolute atomic E-state index is 12.2. The molecule has 0 atom stereocenters. The number of benzene rings is 1. The molecule has 4 rings (SSSR count). The summed E-state index contributed by atoms with van der Waals surface area (Å²) in [5.74, 6) is 0.105. The molecule has 0 fully saturated rings. The van der Waals surface area contributed by atoms with Gasteiger partial charge in [0.2, 0.25) is 5.78 Å². The van der Waals surface area contributed by atoms with Gasteiger partial charge in [-0.25, -0.2) is 4.98 Å². The van der Waals surface area contributed by atoms with Crippen molar-refractivity contribution in [2.75, 3.05) is 0 Å². The van der Waals surface area contributed by atoms with Crippen LogP contribution in [0.15, 0.2) is 64.7 Å². The molecule has 124 valence electrons. The van der Waals surface area contributed by atoms with Crippen LogP contribution in [-0.2, 0) is 6.61 Å². The lowest BCUT2D eigenvalue weighted by atomic mass is 10.1.